The topological polar surface area (TPSA) is 12.0 Å². The van der Waals surface area contributed by atoms with Crippen molar-refractivity contribution in [3.8, 4) is 11.1 Å². The monoisotopic (exact) mass is 279 g/mol. The molecule has 3 rings (SSSR count). The van der Waals surface area contributed by atoms with Crippen molar-refractivity contribution >= 4 is 0 Å². The summed E-state index contributed by atoms with van der Waals surface area (Å²) in [4.78, 5) is 0. The molecule has 0 spiro atoms. The minimum Gasteiger partial charge on any atom is -0.313 e. The Hall–Kier alpha value is -1.60. The molecule has 0 radical (unpaired) electrons. The molecule has 1 heteroatoms. The summed E-state index contributed by atoms with van der Waals surface area (Å²) in [5.41, 5.74) is 6.04. The highest BCUT2D eigenvalue weighted by atomic mass is 14.9. The number of fused-ring (bicyclic) bond motifs is 1. The molecule has 0 bridgehead atoms. The Labute approximate surface area is 128 Å². The Kier molecular flexibility index (Phi) is 3.86. The molecule has 0 fully saturated rings. The summed E-state index contributed by atoms with van der Waals surface area (Å²) in [5.74, 6) is 0. The van der Waals surface area contributed by atoms with E-state index in [0.29, 0.717) is 11.5 Å². The van der Waals surface area contributed by atoms with Crippen LogP contribution in [0.2, 0.25) is 0 Å². The van der Waals surface area contributed by atoms with Crippen LogP contribution in [0, 0.1) is 5.41 Å². The molecule has 2 aromatic rings. The van der Waals surface area contributed by atoms with Crippen LogP contribution in [0.3, 0.4) is 0 Å². The van der Waals surface area contributed by atoms with Crippen LogP contribution in [-0.4, -0.2) is 7.05 Å². The fraction of sp³-hybridized carbons (Fsp3) is 0.400. The van der Waals surface area contributed by atoms with E-state index in [0.717, 1.165) is 0 Å². The van der Waals surface area contributed by atoms with Gasteiger partial charge < -0.3 is 5.32 Å². The SMILES string of the molecule is CNC1CC(C)(C)CCc2ccc(-c3ccccc3)cc21. The summed E-state index contributed by atoms with van der Waals surface area (Å²) in [5, 5.41) is 3.53. The molecule has 1 unspecified atom stereocenters. The van der Waals surface area contributed by atoms with E-state index in [1.54, 1.807) is 0 Å². The fourth-order valence-electron chi connectivity index (χ4n) is 3.45. The van der Waals surface area contributed by atoms with E-state index in [1.165, 1.54) is 41.5 Å². The van der Waals surface area contributed by atoms with Crippen LogP contribution in [0.15, 0.2) is 48.5 Å². The maximum Gasteiger partial charge on any atom is 0.0325 e. The van der Waals surface area contributed by atoms with Gasteiger partial charge in [-0.3, -0.25) is 0 Å². The van der Waals surface area contributed by atoms with E-state index in [2.05, 4.69) is 74.7 Å². The summed E-state index contributed by atoms with van der Waals surface area (Å²) in [7, 11) is 2.09. The van der Waals surface area contributed by atoms with Crippen molar-refractivity contribution in [3.63, 3.8) is 0 Å². The fourth-order valence-corrected chi connectivity index (χ4v) is 3.45. The van der Waals surface area contributed by atoms with Crippen molar-refractivity contribution in [2.45, 2.75) is 39.2 Å². The Balaban J connectivity index is 2.03. The maximum absolute atomic E-state index is 3.53. The number of nitrogens with one attached hydrogen (secondary N) is 1. The van der Waals surface area contributed by atoms with Crippen molar-refractivity contribution in [2.75, 3.05) is 7.05 Å². The van der Waals surface area contributed by atoms with Crippen molar-refractivity contribution < 1.29 is 0 Å². The summed E-state index contributed by atoms with van der Waals surface area (Å²) in [6.07, 6.45) is 3.66. The third-order valence-electron chi connectivity index (χ3n) is 4.80. The van der Waals surface area contributed by atoms with Gasteiger partial charge in [0.25, 0.3) is 0 Å². The lowest BCUT2D eigenvalue weighted by Gasteiger charge is -2.27. The first kappa shape index (κ1) is 14.3. The first-order chi connectivity index (χ1) is 10.1. The average Bonchev–Trinajstić information content (AvgIpc) is 2.64. The van der Waals surface area contributed by atoms with Gasteiger partial charge in [-0.15, -0.1) is 0 Å². The smallest absolute Gasteiger partial charge is 0.0325 e. The third-order valence-corrected chi connectivity index (χ3v) is 4.80. The number of aryl methyl sites for hydroxylation is 1. The molecule has 110 valence electrons. The minimum atomic E-state index is 0.402. The minimum absolute atomic E-state index is 0.402. The summed E-state index contributed by atoms with van der Waals surface area (Å²) in [6, 6.07) is 18.1. The average molecular weight is 279 g/mol. The van der Waals surface area contributed by atoms with Gasteiger partial charge in [-0.25, -0.2) is 0 Å². The van der Waals surface area contributed by atoms with Crippen molar-refractivity contribution in [2.24, 2.45) is 5.41 Å². The van der Waals surface area contributed by atoms with Crippen LogP contribution in [0.4, 0.5) is 0 Å². The van der Waals surface area contributed by atoms with E-state index < -0.39 is 0 Å². The highest BCUT2D eigenvalue weighted by molar-refractivity contribution is 5.65. The highest BCUT2D eigenvalue weighted by Gasteiger charge is 2.28. The molecule has 0 aliphatic heterocycles. The maximum atomic E-state index is 3.53. The first-order valence-electron chi connectivity index (χ1n) is 7.94. The summed E-state index contributed by atoms with van der Waals surface area (Å²) < 4.78 is 0. The second kappa shape index (κ2) is 5.65. The predicted octanol–water partition coefficient (Wildman–Crippen LogP) is 4.98. The van der Waals surface area contributed by atoms with Crippen LogP contribution in [0.5, 0.6) is 0 Å². The molecule has 1 atom stereocenters. The molecular formula is C20H25N. The van der Waals surface area contributed by atoms with Crippen molar-refractivity contribution in [1.29, 1.82) is 0 Å². The molecule has 1 aliphatic carbocycles. The Bertz CT molecular complexity index is 613. The standard InChI is InChI=1S/C20H25N/c1-20(2)12-11-16-9-10-17(15-7-5-4-6-8-15)13-18(16)19(14-20)21-3/h4-10,13,19,21H,11-12,14H2,1-3H3. The number of hydrogen-bond acceptors (Lipinski definition) is 1. The van der Waals surface area contributed by atoms with Gasteiger partial charge in [0.1, 0.15) is 0 Å². The van der Waals surface area contributed by atoms with Gasteiger partial charge in [-0.2, -0.15) is 0 Å². The Morgan fingerprint density at radius 1 is 1.00 bits per heavy atom. The molecule has 21 heavy (non-hydrogen) atoms. The number of benzene rings is 2. The Morgan fingerprint density at radius 2 is 1.76 bits per heavy atom. The third kappa shape index (κ3) is 3.03. The lowest BCUT2D eigenvalue weighted by atomic mass is 9.83. The normalized spacial score (nSPS) is 20.6. The first-order valence-corrected chi connectivity index (χ1v) is 7.94. The second-order valence-corrected chi connectivity index (χ2v) is 6.99. The highest BCUT2D eigenvalue weighted by Crippen LogP contribution is 2.40. The molecule has 0 heterocycles. The van der Waals surface area contributed by atoms with Crippen LogP contribution in [-0.2, 0) is 6.42 Å². The molecular weight excluding hydrogens is 254 g/mol. The lowest BCUT2D eigenvalue weighted by Crippen LogP contribution is -2.22. The van der Waals surface area contributed by atoms with E-state index in [-0.39, 0.29) is 0 Å². The zero-order chi connectivity index (χ0) is 14.9. The summed E-state index contributed by atoms with van der Waals surface area (Å²) >= 11 is 0. The van der Waals surface area contributed by atoms with Crippen LogP contribution in [0.1, 0.15) is 43.9 Å². The molecule has 0 aromatic heterocycles. The van der Waals surface area contributed by atoms with Gasteiger partial charge in [0.2, 0.25) is 0 Å². The van der Waals surface area contributed by atoms with Gasteiger partial charge in [-0.1, -0.05) is 56.3 Å². The predicted molar refractivity (Wildman–Crippen MR) is 90.4 cm³/mol. The van der Waals surface area contributed by atoms with E-state index >= 15 is 0 Å². The van der Waals surface area contributed by atoms with Crippen molar-refractivity contribution in [3.05, 3.63) is 59.7 Å². The molecule has 0 amide bonds. The van der Waals surface area contributed by atoms with E-state index in [4.69, 9.17) is 0 Å². The largest absolute Gasteiger partial charge is 0.313 e. The zero-order valence-electron chi connectivity index (χ0n) is 13.3. The molecule has 0 saturated carbocycles. The number of hydrogen-bond donors (Lipinski definition) is 1. The number of rotatable bonds is 2. The second-order valence-electron chi connectivity index (χ2n) is 6.99. The molecule has 1 aliphatic rings. The van der Waals surface area contributed by atoms with Gasteiger partial charge in [0.15, 0.2) is 0 Å². The van der Waals surface area contributed by atoms with Gasteiger partial charge in [0, 0.05) is 6.04 Å². The molecule has 1 N–H and O–H groups in total. The van der Waals surface area contributed by atoms with Crippen LogP contribution in [0.25, 0.3) is 11.1 Å². The Morgan fingerprint density at radius 3 is 2.48 bits per heavy atom. The lowest BCUT2D eigenvalue weighted by molar-refractivity contribution is 0.279. The van der Waals surface area contributed by atoms with Crippen LogP contribution >= 0.6 is 0 Å². The quantitative estimate of drug-likeness (QED) is 0.765. The zero-order valence-corrected chi connectivity index (χ0v) is 13.3. The van der Waals surface area contributed by atoms with Gasteiger partial charge in [-0.05, 0) is 60.0 Å². The van der Waals surface area contributed by atoms with Crippen molar-refractivity contribution in [1.82, 2.24) is 5.32 Å². The van der Waals surface area contributed by atoms with Gasteiger partial charge in [0.05, 0.1) is 0 Å². The van der Waals surface area contributed by atoms with E-state index in [9.17, 15) is 0 Å². The van der Waals surface area contributed by atoms with E-state index in [1.807, 2.05) is 0 Å². The van der Waals surface area contributed by atoms with Gasteiger partial charge >= 0.3 is 0 Å². The van der Waals surface area contributed by atoms with Crippen LogP contribution < -0.4 is 5.32 Å². The molecule has 0 saturated heterocycles. The molecule has 1 nitrogen and oxygen atoms in total. The summed E-state index contributed by atoms with van der Waals surface area (Å²) in [6.45, 7) is 4.78. The molecule has 2 aromatic carbocycles.